The Kier molecular flexibility index (Phi) is 7.55. The van der Waals surface area contributed by atoms with Gasteiger partial charge in [-0.1, -0.05) is 37.8 Å². The molecule has 0 aromatic rings. The molecule has 39 heavy (non-hydrogen) atoms. The highest BCUT2D eigenvalue weighted by Gasteiger charge is 2.64. The molecule has 5 unspecified atom stereocenters. The average Bonchev–Trinajstić information content (AvgIpc) is 3.00. The fraction of sp³-hybridized carbons (Fsp3) is 0.897. The molecule has 3 saturated carbocycles. The summed E-state index contributed by atoms with van der Waals surface area (Å²) in [6.07, 6.45) is 10.5. The molecular formula is C29H40F4O6. The molecular weight excluding hydrogens is 520 g/mol. The number of hydrogen-bond acceptors (Lipinski definition) is 6. The molecule has 5 atom stereocenters. The summed E-state index contributed by atoms with van der Waals surface area (Å²) in [4.78, 5) is 13.1. The van der Waals surface area contributed by atoms with Gasteiger partial charge in [-0.05, 0) is 50.4 Å². The lowest BCUT2D eigenvalue weighted by atomic mass is 9.67. The van der Waals surface area contributed by atoms with Gasteiger partial charge in [0, 0.05) is 23.7 Å². The summed E-state index contributed by atoms with van der Waals surface area (Å²) in [6, 6.07) is 0. The largest absolute Gasteiger partial charge is 0.465 e. The third-order valence-corrected chi connectivity index (χ3v) is 10.1. The second-order valence-corrected chi connectivity index (χ2v) is 13.0. The minimum atomic E-state index is -4.33. The Bertz CT molecular complexity index is 918. The number of alkyl halides is 4. The number of halogens is 4. The third-order valence-electron chi connectivity index (χ3n) is 10.1. The zero-order valence-corrected chi connectivity index (χ0v) is 22.6. The Balaban J connectivity index is 1.01. The first-order chi connectivity index (χ1) is 18.5. The number of carbonyl (C=O) groups excluding carboxylic acids is 1. The Morgan fingerprint density at radius 2 is 1.59 bits per heavy atom. The molecule has 0 aromatic carbocycles. The van der Waals surface area contributed by atoms with Crippen LogP contribution in [0, 0.1) is 41.4 Å². The predicted octanol–water partition coefficient (Wildman–Crippen LogP) is 5.74. The van der Waals surface area contributed by atoms with Crippen LogP contribution in [0.15, 0.2) is 11.6 Å². The van der Waals surface area contributed by atoms with Gasteiger partial charge in [0.1, 0.15) is 13.2 Å². The van der Waals surface area contributed by atoms with Gasteiger partial charge in [0.2, 0.25) is 0 Å². The molecule has 6 rings (SSSR count). The molecule has 2 aliphatic heterocycles. The number of ether oxygens (including phenoxy) is 5. The van der Waals surface area contributed by atoms with Crippen LogP contribution in [0.5, 0.6) is 0 Å². The minimum absolute atomic E-state index is 0.0556. The maximum absolute atomic E-state index is 14.0. The van der Waals surface area contributed by atoms with E-state index in [4.69, 9.17) is 23.7 Å². The van der Waals surface area contributed by atoms with Crippen molar-refractivity contribution >= 4 is 5.97 Å². The van der Waals surface area contributed by atoms with Crippen LogP contribution in [0.25, 0.3) is 0 Å². The van der Waals surface area contributed by atoms with Crippen LogP contribution in [0.2, 0.25) is 0 Å². The van der Waals surface area contributed by atoms with E-state index in [1.807, 2.05) is 6.08 Å². The molecule has 10 heteroatoms. The van der Waals surface area contributed by atoms with Crippen molar-refractivity contribution in [2.45, 2.75) is 88.6 Å². The van der Waals surface area contributed by atoms with Gasteiger partial charge >= 0.3 is 17.8 Å². The first kappa shape index (κ1) is 27.9. The zero-order valence-electron chi connectivity index (χ0n) is 22.6. The normalized spacial score (nSPS) is 42.7. The smallest absolute Gasteiger partial charge is 0.335 e. The monoisotopic (exact) mass is 560 g/mol. The van der Waals surface area contributed by atoms with Crippen molar-refractivity contribution in [3.63, 3.8) is 0 Å². The molecule has 4 bridgehead atoms. The lowest BCUT2D eigenvalue weighted by molar-refractivity contribution is -0.292. The van der Waals surface area contributed by atoms with Gasteiger partial charge in [-0.3, -0.25) is 4.79 Å². The van der Waals surface area contributed by atoms with Crippen molar-refractivity contribution < 1.29 is 46.0 Å². The maximum atomic E-state index is 14.0. The van der Waals surface area contributed by atoms with E-state index in [2.05, 4.69) is 0 Å². The van der Waals surface area contributed by atoms with E-state index >= 15 is 0 Å². The summed E-state index contributed by atoms with van der Waals surface area (Å²) in [5, 5.41) is 0. The second kappa shape index (κ2) is 10.6. The molecule has 2 heterocycles. The summed E-state index contributed by atoms with van der Waals surface area (Å²) in [5.74, 6) is -10.2. The summed E-state index contributed by atoms with van der Waals surface area (Å²) >= 11 is 0. The number of fused-ring (bicyclic) bond motifs is 5. The predicted molar refractivity (Wildman–Crippen MR) is 131 cm³/mol. The van der Waals surface area contributed by atoms with Gasteiger partial charge < -0.3 is 23.7 Å². The Morgan fingerprint density at radius 1 is 0.949 bits per heavy atom. The van der Waals surface area contributed by atoms with E-state index in [9.17, 15) is 22.4 Å². The number of hydrogen-bond donors (Lipinski definition) is 0. The lowest BCUT2D eigenvalue weighted by Gasteiger charge is -2.49. The van der Waals surface area contributed by atoms with Crippen molar-refractivity contribution in [3.05, 3.63) is 11.6 Å². The Morgan fingerprint density at radius 3 is 2.23 bits per heavy atom. The van der Waals surface area contributed by atoms with E-state index < -0.39 is 48.6 Å². The average molecular weight is 561 g/mol. The summed E-state index contributed by atoms with van der Waals surface area (Å²) in [6.45, 7) is 0.00491. The molecule has 6 aliphatic rings. The van der Waals surface area contributed by atoms with Crippen LogP contribution in [0.4, 0.5) is 17.6 Å². The quantitative estimate of drug-likeness (QED) is 0.248. The Hall–Kier alpha value is -1.23. The maximum Gasteiger partial charge on any atom is 0.335 e. The third kappa shape index (κ3) is 5.40. The van der Waals surface area contributed by atoms with Crippen molar-refractivity contribution in [2.75, 3.05) is 33.0 Å². The van der Waals surface area contributed by atoms with Crippen LogP contribution < -0.4 is 0 Å². The molecule has 5 fully saturated rings. The van der Waals surface area contributed by atoms with Gasteiger partial charge in [-0.25, -0.2) is 0 Å². The van der Waals surface area contributed by atoms with Crippen LogP contribution in [-0.2, 0) is 28.5 Å². The molecule has 220 valence electrons. The summed E-state index contributed by atoms with van der Waals surface area (Å²) in [5.41, 5.74) is 0.978. The number of esters is 1. The zero-order chi connectivity index (χ0) is 27.4. The highest BCUT2D eigenvalue weighted by molar-refractivity contribution is 5.73. The van der Waals surface area contributed by atoms with E-state index in [1.165, 1.54) is 38.5 Å². The molecule has 2 saturated heterocycles. The first-order valence-corrected chi connectivity index (χ1v) is 14.7. The van der Waals surface area contributed by atoms with Crippen LogP contribution in [0.3, 0.4) is 0 Å². The van der Waals surface area contributed by atoms with E-state index in [0.29, 0.717) is 32.0 Å². The van der Waals surface area contributed by atoms with Gasteiger partial charge in [-0.2, -0.15) is 17.6 Å². The lowest BCUT2D eigenvalue weighted by Crippen LogP contribution is -2.53. The topological polar surface area (TPSA) is 63.2 Å². The molecule has 6 nitrogen and oxygen atoms in total. The number of rotatable bonds is 4. The van der Waals surface area contributed by atoms with Crippen molar-refractivity contribution in [2.24, 2.45) is 41.4 Å². The van der Waals surface area contributed by atoms with Crippen molar-refractivity contribution in [3.8, 4) is 0 Å². The first-order valence-electron chi connectivity index (χ1n) is 14.7. The fourth-order valence-electron chi connectivity index (χ4n) is 8.10. The van der Waals surface area contributed by atoms with E-state index in [1.54, 1.807) is 6.92 Å². The van der Waals surface area contributed by atoms with Gasteiger partial charge in [0.05, 0.1) is 25.7 Å². The highest BCUT2D eigenvalue weighted by Crippen LogP contribution is 2.53. The molecule has 1 spiro atoms. The van der Waals surface area contributed by atoms with Gasteiger partial charge in [0.25, 0.3) is 0 Å². The van der Waals surface area contributed by atoms with E-state index in [-0.39, 0.29) is 31.2 Å². The van der Waals surface area contributed by atoms with Crippen molar-refractivity contribution in [1.82, 2.24) is 0 Å². The molecule has 0 N–H and O–H groups in total. The second-order valence-electron chi connectivity index (χ2n) is 13.0. The molecule has 0 amide bonds. The van der Waals surface area contributed by atoms with Gasteiger partial charge in [-0.15, -0.1) is 0 Å². The van der Waals surface area contributed by atoms with Crippen LogP contribution in [-0.4, -0.2) is 62.9 Å². The fourth-order valence-corrected chi connectivity index (χ4v) is 8.10. The molecule has 0 radical (unpaired) electrons. The number of carbonyl (C=O) groups is 1. The standard InChI is InChI=1S/C29H40F4O6/c1-17-5-20-9-22(11-24(10-20)29(17)38-15-27(30,31)28(32,33)16-39-29)25(34)35-12-21-13-36-26(37-14-21)23-7-18-3-2-4-19(6-18)8-23/h5,17-19,21-24,26H,2-4,6-16H2,1H3. The highest BCUT2D eigenvalue weighted by atomic mass is 19.3. The Labute approximate surface area is 227 Å². The van der Waals surface area contributed by atoms with E-state index in [0.717, 1.165) is 17.4 Å². The summed E-state index contributed by atoms with van der Waals surface area (Å²) < 4.78 is 84.9. The van der Waals surface area contributed by atoms with Crippen molar-refractivity contribution in [1.29, 1.82) is 0 Å². The van der Waals surface area contributed by atoms with Crippen LogP contribution >= 0.6 is 0 Å². The minimum Gasteiger partial charge on any atom is -0.465 e. The van der Waals surface area contributed by atoms with Gasteiger partial charge in [0.15, 0.2) is 12.1 Å². The summed E-state index contributed by atoms with van der Waals surface area (Å²) in [7, 11) is 0. The molecule has 4 aliphatic carbocycles. The van der Waals surface area contributed by atoms with Crippen LogP contribution in [0.1, 0.15) is 64.7 Å². The number of allylic oxidation sites excluding steroid dienone is 1. The molecule has 0 aromatic heterocycles. The SMILES string of the molecule is CC1C=C2CC(C(=O)OCC3COC(C4CC5CCCC(C5)C4)OC3)CC(C2)C12OCC(F)(F)C(F)(F)CO2.